The largest absolute Gasteiger partial charge is 0.508 e. The zero-order chi connectivity index (χ0) is 15.9. The molecule has 4 heteroatoms. The van der Waals surface area contributed by atoms with Crippen molar-refractivity contribution in [3.8, 4) is 11.5 Å². The Labute approximate surface area is 130 Å². The molecule has 0 saturated carbocycles. The quantitative estimate of drug-likeness (QED) is 0.631. The molecule has 4 N–H and O–H groups in total. The number of aliphatic hydroxyl groups is 2. The van der Waals surface area contributed by atoms with E-state index in [0.717, 1.165) is 11.1 Å². The maximum atomic E-state index is 9.67. The number of phenolic OH excluding ortho intramolecular Hbond substituents is 2. The first-order valence-electron chi connectivity index (χ1n) is 7.40. The van der Waals surface area contributed by atoms with E-state index in [2.05, 4.69) is 0 Å². The molecule has 4 nitrogen and oxygen atoms in total. The van der Waals surface area contributed by atoms with Crippen LogP contribution in [0.3, 0.4) is 0 Å². The van der Waals surface area contributed by atoms with Gasteiger partial charge in [0, 0.05) is 13.2 Å². The topological polar surface area (TPSA) is 80.9 Å². The second kappa shape index (κ2) is 7.82. The normalized spacial score (nSPS) is 13.7. The molecule has 118 valence electrons. The van der Waals surface area contributed by atoms with Crippen LogP contribution in [0.2, 0.25) is 0 Å². The summed E-state index contributed by atoms with van der Waals surface area (Å²) < 4.78 is 0. The Morgan fingerprint density at radius 3 is 1.18 bits per heavy atom. The molecule has 0 amide bonds. The van der Waals surface area contributed by atoms with Crippen molar-refractivity contribution in [2.45, 2.75) is 12.8 Å². The van der Waals surface area contributed by atoms with Crippen LogP contribution in [-0.2, 0) is 12.8 Å². The van der Waals surface area contributed by atoms with Crippen molar-refractivity contribution in [1.82, 2.24) is 0 Å². The summed E-state index contributed by atoms with van der Waals surface area (Å²) in [5, 5.41) is 38.0. The fraction of sp³-hybridized carbons (Fsp3) is 0.333. The molecule has 2 rings (SSSR count). The highest BCUT2D eigenvalue weighted by Crippen LogP contribution is 2.23. The average Bonchev–Trinajstić information content (AvgIpc) is 2.54. The number of phenols is 2. The van der Waals surface area contributed by atoms with Crippen LogP contribution < -0.4 is 0 Å². The Morgan fingerprint density at radius 2 is 0.909 bits per heavy atom. The average molecular weight is 302 g/mol. The van der Waals surface area contributed by atoms with Gasteiger partial charge in [-0.25, -0.2) is 0 Å². The molecule has 0 aliphatic heterocycles. The standard InChI is InChI=1S/C18H22O4/c19-11-15(9-13-1-5-17(21)6-2-13)16(12-20)10-14-3-7-18(22)8-4-14/h1-8,15-16,19-22H,9-12H2. The Bertz CT molecular complexity index is 509. The van der Waals surface area contributed by atoms with Gasteiger partial charge in [-0.05, 0) is 60.1 Å². The molecule has 0 aromatic heterocycles. The van der Waals surface area contributed by atoms with Gasteiger partial charge < -0.3 is 20.4 Å². The molecule has 0 aliphatic rings. The maximum Gasteiger partial charge on any atom is 0.115 e. The summed E-state index contributed by atoms with van der Waals surface area (Å²) in [6.07, 6.45) is 1.28. The van der Waals surface area contributed by atoms with Crippen LogP contribution in [0.15, 0.2) is 48.5 Å². The molecule has 0 radical (unpaired) electrons. The number of rotatable bonds is 7. The molecule has 0 bridgehead atoms. The molecule has 0 fully saturated rings. The van der Waals surface area contributed by atoms with E-state index in [1.807, 2.05) is 24.3 Å². The Balaban J connectivity index is 2.05. The Morgan fingerprint density at radius 1 is 0.591 bits per heavy atom. The highest BCUT2D eigenvalue weighted by Gasteiger charge is 2.21. The van der Waals surface area contributed by atoms with E-state index in [1.54, 1.807) is 24.3 Å². The Hall–Kier alpha value is -2.04. The lowest BCUT2D eigenvalue weighted by Crippen LogP contribution is -2.26. The van der Waals surface area contributed by atoms with Crippen LogP contribution >= 0.6 is 0 Å². The highest BCUT2D eigenvalue weighted by atomic mass is 16.3. The van der Waals surface area contributed by atoms with Gasteiger partial charge >= 0.3 is 0 Å². The van der Waals surface area contributed by atoms with Gasteiger partial charge in [-0.2, -0.15) is 0 Å². The van der Waals surface area contributed by atoms with Gasteiger partial charge in [0.15, 0.2) is 0 Å². The molecule has 2 aromatic rings. The summed E-state index contributed by atoms with van der Waals surface area (Å²) in [6, 6.07) is 13.8. The van der Waals surface area contributed by atoms with Crippen molar-refractivity contribution < 1.29 is 20.4 Å². The minimum Gasteiger partial charge on any atom is -0.508 e. The van der Waals surface area contributed by atoms with E-state index in [4.69, 9.17) is 0 Å². The van der Waals surface area contributed by atoms with Gasteiger partial charge in [0.25, 0.3) is 0 Å². The second-order valence-corrected chi connectivity index (χ2v) is 5.63. The second-order valence-electron chi connectivity index (χ2n) is 5.63. The van der Waals surface area contributed by atoms with Crippen molar-refractivity contribution >= 4 is 0 Å². The van der Waals surface area contributed by atoms with E-state index in [9.17, 15) is 20.4 Å². The molecule has 0 spiro atoms. The smallest absolute Gasteiger partial charge is 0.115 e. The first-order valence-corrected chi connectivity index (χ1v) is 7.40. The van der Waals surface area contributed by atoms with Crippen LogP contribution in [0, 0.1) is 11.8 Å². The molecule has 2 unspecified atom stereocenters. The molecule has 0 heterocycles. The van der Waals surface area contributed by atoms with Crippen LogP contribution in [-0.4, -0.2) is 33.6 Å². The summed E-state index contributed by atoms with van der Waals surface area (Å²) >= 11 is 0. The van der Waals surface area contributed by atoms with Gasteiger partial charge in [-0.15, -0.1) is 0 Å². The summed E-state index contributed by atoms with van der Waals surface area (Å²) in [6.45, 7) is -0.0195. The Kier molecular flexibility index (Phi) is 5.81. The molecular weight excluding hydrogens is 280 g/mol. The first-order chi connectivity index (χ1) is 10.6. The van der Waals surface area contributed by atoms with Crippen LogP contribution in [0.5, 0.6) is 11.5 Å². The van der Waals surface area contributed by atoms with E-state index >= 15 is 0 Å². The highest BCUT2D eigenvalue weighted by molar-refractivity contribution is 5.27. The van der Waals surface area contributed by atoms with E-state index < -0.39 is 0 Å². The SMILES string of the molecule is OCC(Cc1ccc(O)cc1)C(CO)Cc1ccc(O)cc1. The third kappa shape index (κ3) is 4.48. The third-order valence-electron chi connectivity index (χ3n) is 4.00. The van der Waals surface area contributed by atoms with E-state index in [0.29, 0.717) is 12.8 Å². The summed E-state index contributed by atoms with van der Waals surface area (Å²) in [4.78, 5) is 0. The molecule has 0 aliphatic carbocycles. The van der Waals surface area contributed by atoms with Crippen LogP contribution in [0.4, 0.5) is 0 Å². The third-order valence-corrected chi connectivity index (χ3v) is 4.00. The lowest BCUT2D eigenvalue weighted by atomic mass is 9.83. The van der Waals surface area contributed by atoms with Crippen LogP contribution in [0.1, 0.15) is 11.1 Å². The number of hydrogen-bond acceptors (Lipinski definition) is 4. The van der Waals surface area contributed by atoms with Gasteiger partial charge in [0.05, 0.1) is 0 Å². The predicted octanol–water partition coefficient (Wildman–Crippen LogP) is 2.10. The van der Waals surface area contributed by atoms with Gasteiger partial charge in [-0.3, -0.25) is 0 Å². The summed E-state index contributed by atoms with van der Waals surface area (Å²) in [5.41, 5.74) is 2.03. The lowest BCUT2D eigenvalue weighted by Gasteiger charge is -2.24. The van der Waals surface area contributed by atoms with E-state index in [-0.39, 0.29) is 36.5 Å². The van der Waals surface area contributed by atoms with Gasteiger partial charge in [0.1, 0.15) is 11.5 Å². The minimum absolute atomic E-state index is 0.00974. The van der Waals surface area contributed by atoms with Crippen molar-refractivity contribution in [3.05, 3.63) is 59.7 Å². The lowest BCUT2D eigenvalue weighted by molar-refractivity contribution is 0.119. The fourth-order valence-electron chi connectivity index (χ4n) is 2.63. The molecule has 22 heavy (non-hydrogen) atoms. The molecule has 0 saturated heterocycles. The molecule has 2 aromatic carbocycles. The zero-order valence-electron chi connectivity index (χ0n) is 12.4. The first kappa shape index (κ1) is 16.3. The van der Waals surface area contributed by atoms with Gasteiger partial charge in [-0.1, -0.05) is 24.3 Å². The van der Waals surface area contributed by atoms with Crippen LogP contribution in [0.25, 0.3) is 0 Å². The minimum atomic E-state index is -0.0663. The number of aliphatic hydroxyl groups excluding tert-OH is 2. The molecule has 2 atom stereocenters. The predicted molar refractivity (Wildman–Crippen MR) is 84.8 cm³/mol. The molecular formula is C18H22O4. The number of benzene rings is 2. The monoisotopic (exact) mass is 302 g/mol. The van der Waals surface area contributed by atoms with Crippen molar-refractivity contribution in [1.29, 1.82) is 0 Å². The zero-order valence-corrected chi connectivity index (χ0v) is 12.4. The number of aromatic hydroxyl groups is 2. The van der Waals surface area contributed by atoms with Crippen molar-refractivity contribution in [2.24, 2.45) is 11.8 Å². The maximum absolute atomic E-state index is 9.67. The van der Waals surface area contributed by atoms with Crippen molar-refractivity contribution in [3.63, 3.8) is 0 Å². The number of hydrogen-bond donors (Lipinski definition) is 4. The van der Waals surface area contributed by atoms with Gasteiger partial charge in [0.2, 0.25) is 0 Å². The van der Waals surface area contributed by atoms with E-state index in [1.165, 1.54) is 0 Å². The fourth-order valence-corrected chi connectivity index (χ4v) is 2.63. The summed E-state index contributed by atoms with van der Waals surface area (Å²) in [5.74, 6) is 0.297. The van der Waals surface area contributed by atoms with Crippen molar-refractivity contribution in [2.75, 3.05) is 13.2 Å². The summed E-state index contributed by atoms with van der Waals surface area (Å²) in [7, 11) is 0.